The van der Waals surface area contributed by atoms with Crippen LogP contribution in [0.15, 0.2) is 54.6 Å². The summed E-state index contributed by atoms with van der Waals surface area (Å²) in [6.45, 7) is 6.68. The summed E-state index contributed by atoms with van der Waals surface area (Å²) in [4.78, 5) is 16.1. The number of para-hydroxylation sites is 1. The molecule has 1 aliphatic heterocycles. The third-order valence-corrected chi connectivity index (χ3v) is 8.06. The number of rotatable bonds is 6. The van der Waals surface area contributed by atoms with Gasteiger partial charge in [0, 0.05) is 31.4 Å². The number of hydrogen-bond acceptors (Lipinski definition) is 3. The normalized spacial score (nSPS) is 31.5. The lowest BCUT2D eigenvalue weighted by Crippen LogP contribution is -2.66. The Labute approximate surface area is 186 Å². The fraction of sp³-hybridized carbons (Fsp3) is 0.519. The minimum Gasteiger partial charge on any atom is -0.374 e. The Kier molecular flexibility index (Phi) is 5.51. The third kappa shape index (κ3) is 3.55. The van der Waals surface area contributed by atoms with E-state index >= 15 is 0 Å². The molecule has 5 atom stereocenters. The van der Waals surface area contributed by atoms with E-state index in [9.17, 15) is 4.79 Å². The molecule has 1 N–H and O–H groups in total. The predicted molar refractivity (Wildman–Crippen MR) is 124 cm³/mol. The van der Waals surface area contributed by atoms with Crippen molar-refractivity contribution in [3.63, 3.8) is 0 Å². The first kappa shape index (κ1) is 20.6. The molecule has 3 saturated carbocycles. The number of nitrogens with zero attached hydrogens (tertiary/aromatic N) is 1. The summed E-state index contributed by atoms with van der Waals surface area (Å²) in [6, 6.07) is 19.5. The van der Waals surface area contributed by atoms with E-state index in [1.807, 2.05) is 18.2 Å². The van der Waals surface area contributed by atoms with Gasteiger partial charge in [0.2, 0.25) is 5.91 Å². The maximum atomic E-state index is 13.5. The smallest absolute Gasteiger partial charge is 0.226 e. The highest BCUT2D eigenvalue weighted by molar-refractivity contribution is 5.81. The number of amides is 1. The zero-order valence-electron chi connectivity index (χ0n) is 18.7. The van der Waals surface area contributed by atoms with Crippen molar-refractivity contribution >= 4 is 11.6 Å². The van der Waals surface area contributed by atoms with Crippen molar-refractivity contribution in [2.45, 2.75) is 57.7 Å². The van der Waals surface area contributed by atoms with E-state index < -0.39 is 0 Å². The zero-order chi connectivity index (χ0) is 21.4. The number of benzene rings is 2. The van der Waals surface area contributed by atoms with Gasteiger partial charge in [-0.15, -0.1) is 0 Å². The van der Waals surface area contributed by atoms with Gasteiger partial charge in [-0.2, -0.15) is 0 Å². The first-order chi connectivity index (χ1) is 15.1. The van der Waals surface area contributed by atoms with Gasteiger partial charge in [0.15, 0.2) is 0 Å². The Balaban J connectivity index is 1.39. The molecule has 1 heterocycles. The first-order valence-electron chi connectivity index (χ1n) is 11.9. The molecule has 2 bridgehead atoms. The van der Waals surface area contributed by atoms with Crippen molar-refractivity contribution in [1.82, 2.24) is 5.32 Å². The highest BCUT2D eigenvalue weighted by Crippen LogP contribution is 2.55. The van der Waals surface area contributed by atoms with E-state index in [1.165, 1.54) is 11.3 Å². The Hall–Kier alpha value is -2.33. The highest BCUT2D eigenvalue weighted by atomic mass is 16.5. The second-order valence-electron chi connectivity index (χ2n) is 9.58. The van der Waals surface area contributed by atoms with Crippen LogP contribution in [0.2, 0.25) is 0 Å². The first-order valence-corrected chi connectivity index (χ1v) is 11.9. The number of nitrogens with one attached hydrogen (secondary N) is 1. The number of carbonyl (C=O) groups is 1. The van der Waals surface area contributed by atoms with Crippen molar-refractivity contribution < 1.29 is 9.53 Å². The largest absolute Gasteiger partial charge is 0.374 e. The van der Waals surface area contributed by atoms with Crippen molar-refractivity contribution in [3.05, 3.63) is 65.7 Å². The molecule has 0 aromatic heterocycles. The van der Waals surface area contributed by atoms with Gasteiger partial charge in [0.25, 0.3) is 0 Å². The monoisotopic (exact) mass is 418 g/mol. The molecule has 0 unspecified atom stereocenters. The van der Waals surface area contributed by atoms with Crippen molar-refractivity contribution in [1.29, 1.82) is 0 Å². The predicted octanol–water partition coefficient (Wildman–Crippen LogP) is 4.58. The Morgan fingerprint density at radius 1 is 1.16 bits per heavy atom. The van der Waals surface area contributed by atoms with Gasteiger partial charge in [-0.05, 0) is 61.6 Å². The Bertz CT molecular complexity index is 926. The highest BCUT2D eigenvalue weighted by Gasteiger charge is 2.60. The lowest BCUT2D eigenvalue weighted by atomic mass is 9.54. The standard InChI is InChI=1S/C27H34N2O2/c1-3-31-27-15-13-22(24(17-27)29-16-14-21-11-7-8-12-23(21)29)19(2)25(27)26(30)28-18-20-9-5-4-6-10-20/h4-12,19,22,24-25H,3,13-18H2,1-2H3,(H,28,30)/t19-,22+,24-,25-,27-/m1/s1. The molecule has 2 aromatic carbocycles. The maximum Gasteiger partial charge on any atom is 0.226 e. The van der Waals surface area contributed by atoms with Crippen molar-refractivity contribution in [2.24, 2.45) is 17.8 Å². The van der Waals surface area contributed by atoms with Gasteiger partial charge in [-0.25, -0.2) is 0 Å². The van der Waals surface area contributed by atoms with Crippen LogP contribution in [-0.2, 0) is 22.5 Å². The number of fused-ring (bicyclic) bond motifs is 4. The van der Waals surface area contributed by atoms with E-state index in [-0.39, 0.29) is 17.4 Å². The minimum absolute atomic E-state index is 0.0796. The third-order valence-electron chi connectivity index (χ3n) is 8.06. The minimum atomic E-state index is -0.355. The Morgan fingerprint density at radius 3 is 2.74 bits per heavy atom. The van der Waals surface area contributed by atoms with Crippen LogP contribution in [0.3, 0.4) is 0 Å². The van der Waals surface area contributed by atoms with Gasteiger partial charge >= 0.3 is 0 Å². The molecule has 4 nitrogen and oxygen atoms in total. The molecule has 164 valence electrons. The summed E-state index contributed by atoms with van der Waals surface area (Å²) < 4.78 is 6.50. The molecule has 0 spiro atoms. The van der Waals surface area contributed by atoms with Crippen LogP contribution in [0.5, 0.6) is 0 Å². The average molecular weight is 419 g/mol. The molecule has 0 radical (unpaired) electrons. The van der Waals surface area contributed by atoms with E-state index in [0.29, 0.717) is 31.0 Å². The number of anilines is 1. The van der Waals surface area contributed by atoms with E-state index in [4.69, 9.17) is 4.74 Å². The van der Waals surface area contributed by atoms with Crippen LogP contribution in [0.25, 0.3) is 0 Å². The van der Waals surface area contributed by atoms with E-state index in [2.05, 4.69) is 60.5 Å². The van der Waals surface area contributed by atoms with Gasteiger partial charge in [-0.1, -0.05) is 55.5 Å². The quantitative estimate of drug-likeness (QED) is 0.747. The Morgan fingerprint density at radius 2 is 1.94 bits per heavy atom. The van der Waals surface area contributed by atoms with Crippen LogP contribution < -0.4 is 10.2 Å². The van der Waals surface area contributed by atoms with Crippen molar-refractivity contribution in [3.8, 4) is 0 Å². The van der Waals surface area contributed by atoms with E-state index in [1.54, 1.807) is 0 Å². The zero-order valence-corrected chi connectivity index (χ0v) is 18.7. The summed E-state index contributed by atoms with van der Waals surface area (Å²) in [5.41, 5.74) is 3.64. The molecule has 3 fully saturated rings. The molecular weight excluding hydrogens is 384 g/mol. The summed E-state index contributed by atoms with van der Waals surface area (Å²) in [7, 11) is 0. The van der Waals surface area contributed by atoms with Gasteiger partial charge < -0.3 is 15.0 Å². The average Bonchev–Trinajstić information content (AvgIpc) is 3.22. The van der Waals surface area contributed by atoms with Crippen LogP contribution in [-0.4, -0.2) is 30.7 Å². The molecule has 3 aliphatic carbocycles. The second kappa shape index (κ2) is 8.31. The van der Waals surface area contributed by atoms with Crippen LogP contribution in [0.4, 0.5) is 5.69 Å². The molecule has 0 saturated heterocycles. The molecule has 31 heavy (non-hydrogen) atoms. The fourth-order valence-corrected chi connectivity index (χ4v) is 6.76. The molecule has 6 rings (SSSR count). The van der Waals surface area contributed by atoms with Crippen LogP contribution in [0, 0.1) is 17.8 Å². The van der Waals surface area contributed by atoms with Gasteiger partial charge in [-0.3, -0.25) is 4.79 Å². The number of ether oxygens (including phenoxy) is 1. The molecule has 4 aliphatic rings. The lowest BCUT2D eigenvalue weighted by Gasteiger charge is -2.59. The summed E-state index contributed by atoms with van der Waals surface area (Å²) >= 11 is 0. The summed E-state index contributed by atoms with van der Waals surface area (Å²) in [6.07, 6.45) is 4.21. The van der Waals surface area contributed by atoms with Gasteiger partial charge in [0.05, 0.1) is 11.5 Å². The van der Waals surface area contributed by atoms with Crippen molar-refractivity contribution in [2.75, 3.05) is 18.1 Å². The van der Waals surface area contributed by atoms with E-state index in [0.717, 1.165) is 37.8 Å². The second-order valence-corrected chi connectivity index (χ2v) is 9.58. The molecular formula is C27H34N2O2. The number of carbonyl (C=O) groups excluding carboxylic acids is 1. The topological polar surface area (TPSA) is 41.6 Å². The van der Waals surface area contributed by atoms with Gasteiger partial charge in [0.1, 0.15) is 0 Å². The van der Waals surface area contributed by atoms with Crippen LogP contribution >= 0.6 is 0 Å². The summed E-state index contributed by atoms with van der Waals surface area (Å²) in [5.74, 6) is 0.919. The maximum absolute atomic E-state index is 13.5. The van der Waals surface area contributed by atoms with Crippen LogP contribution in [0.1, 0.15) is 44.2 Å². The molecule has 1 amide bonds. The SMILES string of the molecule is CCO[C@@]12CC[C@@H]([C@@H](C)[C@@H]1C(=O)NCc1ccccc1)[C@H](N1CCc3ccccc31)C2. The fourth-order valence-electron chi connectivity index (χ4n) is 6.76. The summed E-state index contributed by atoms with van der Waals surface area (Å²) in [5, 5.41) is 3.23. The molecule has 2 aromatic rings. The molecule has 4 heteroatoms. The number of hydrogen-bond donors (Lipinski definition) is 1. The lowest BCUT2D eigenvalue weighted by molar-refractivity contribution is -0.184.